The van der Waals surface area contributed by atoms with Crippen molar-refractivity contribution in [2.75, 3.05) is 23.4 Å². The van der Waals surface area contributed by atoms with Gasteiger partial charge in [-0.3, -0.25) is 4.79 Å². The van der Waals surface area contributed by atoms with Gasteiger partial charge in [0.1, 0.15) is 23.7 Å². The monoisotopic (exact) mass is 378 g/mol. The topological polar surface area (TPSA) is 92.3 Å². The number of hydrogen-bond donors (Lipinski definition) is 1. The molecule has 2 aromatic rings. The molecule has 1 fully saturated rings. The van der Waals surface area contributed by atoms with Crippen molar-refractivity contribution in [3.05, 3.63) is 48.2 Å². The Kier molecular flexibility index (Phi) is 5.17. The van der Waals surface area contributed by atoms with Gasteiger partial charge in [0.05, 0.1) is 11.5 Å². The smallest absolute Gasteiger partial charge is 0.272 e. The summed E-state index contributed by atoms with van der Waals surface area (Å²) >= 11 is 0. The zero-order valence-corrected chi connectivity index (χ0v) is 15.0. The molecule has 0 radical (unpaired) electrons. The Morgan fingerprint density at radius 2 is 2.15 bits per heavy atom. The van der Waals surface area contributed by atoms with E-state index in [1.165, 1.54) is 29.4 Å². The molecule has 1 N–H and O–H groups in total. The van der Waals surface area contributed by atoms with E-state index in [0.29, 0.717) is 24.5 Å². The molecule has 138 valence electrons. The predicted octanol–water partition coefficient (Wildman–Crippen LogP) is 2.01. The maximum Gasteiger partial charge on any atom is 0.272 e. The molecule has 1 saturated heterocycles. The minimum Gasteiger partial charge on any atom is -0.340 e. The molecule has 9 heteroatoms. The van der Waals surface area contributed by atoms with Gasteiger partial charge in [0.25, 0.3) is 5.91 Å². The molecule has 1 aliphatic heterocycles. The quantitative estimate of drug-likeness (QED) is 0.856. The van der Waals surface area contributed by atoms with Crippen LogP contribution in [0, 0.1) is 5.82 Å². The van der Waals surface area contributed by atoms with Crippen LogP contribution in [0.4, 0.5) is 15.9 Å². The number of anilines is 2. The standard InChI is InChI=1S/C17H19FN4O3S/c1-2-22(14-6-7-26(24,25)10-14)17(23)15-9-16(20-11-19-15)21-13-5-3-4-12(18)8-13/h3-5,8-9,11,14H,2,6-7,10H2,1H3,(H,19,20,21). The van der Waals surface area contributed by atoms with Crippen LogP contribution in [0.1, 0.15) is 23.8 Å². The molecule has 0 bridgehead atoms. The highest BCUT2D eigenvalue weighted by Crippen LogP contribution is 2.21. The number of carbonyl (C=O) groups excluding carboxylic acids is 1. The van der Waals surface area contributed by atoms with Crippen LogP contribution >= 0.6 is 0 Å². The van der Waals surface area contributed by atoms with Crippen molar-refractivity contribution >= 4 is 27.2 Å². The van der Waals surface area contributed by atoms with Gasteiger partial charge >= 0.3 is 0 Å². The van der Waals surface area contributed by atoms with Crippen LogP contribution < -0.4 is 5.32 Å². The Labute approximate surface area is 151 Å². The highest BCUT2D eigenvalue weighted by Gasteiger charge is 2.34. The maximum absolute atomic E-state index is 13.3. The minimum atomic E-state index is -3.09. The normalized spacial score (nSPS) is 18.5. The second kappa shape index (κ2) is 7.36. The Morgan fingerprint density at radius 1 is 1.35 bits per heavy atom. The molecule has 0 aliphatic carbocycles. The lowest BCUT2D eigenvalue weighted by molar-refractivity contribution is 0.0702. The maximum atomic E-state index is 13.3. The largest absolute Gasteiger partial charge is 0.340 e. The summed E-state index contributed by atoms with van der Waals surface area (Å²) in [6.45, 7) is 2.19. The molecule has 0 spiro atoms. The van der Waals surface area contributed by atoms with E-state index in [-0.39, 0.29) is 35.0 Å². The zero-order chi connectivity index (χ0) is 18.7. The number of nitrogens with zero attached hydrogens (tertiary/aromatic N) is 3. The van der Waals surface area contributed by atoms with E-state index in [2.05, 4.69) is 15.3 Å². The van der Waals surface area contributed by atoms with E-state index in [1.54, 1.807) is 19.1 Å². The van der Waals surface area contributed by atoms with Gasteiger partial charge in [0.2, 0.25) is 0 Å². The van der Waals surface area contributed by atoms with Gasteiger partial charge in [-0.15, -0.1) is 0 Å². The molecule has 1 amide bonds. The summed E-state index contributed by atoms with van der Waals surface area (Å²) in [4.78, 5) is 22.4. The van der Waals surface area contributed by atoms with Gasteiger partial charge in [-0.05, 0) is 31.5 Å². The molecule has 26 heavy (non-hydrogen) atoms. The number of halogens is 1. The van der Waals surface area contributed by atoms with E-state index < -0.39 is 9.84 Å². The minimum absolute atomic E-state index is 0.0218. The van der Waals surface area contributed by atoms with Gasteiger partial charge < -0.3 is 10.2 Å². The SMILES string of the molecule is CCN(C(=O)c1cc(Nc2cccc(F)c2)ncn1)C1CCS(=O)(=O)C1. The van der Waals surface area contributed by atoms with Gasteiger partial charge in [-0.25, -0.2) is 22.8 Å². The number of carbonyl (C=O) groups is 1. The van der Waals surface area contributed by atoms with Crippen LogP contribution in [0.25, 0.3) is 0 Å². The fraction of sp³-hybridized carbons (Fsp3) is 0.353. The van der Waals surface area contributed by atoms with Crippen molar-refractivity contribution in [2.24, 2.45) is 0 Å². The van der Waals surface area contributed by atoms with Gasteiger partial charge in [-0.1, -0.05) is 6.07 Å². The van der Waals surface area contributed by atoms with Crippen LogP contribution in [0.3, 0.4) is 0 Å². The molecular weight excluding hydrogens is 359 g/mol. The van der Waals surface area contributed by atoms with Crippen molar-refractivity contribution in [1.82, 2.24) is 14.9 Å². The molecular formula is C17H19FN4O3S. The van der Waals surface area contributed by atoms with Crippen molar-refractivity contribution in [3.8, 4) is 0 Å². The fourth-order valence-electron chi connectivity index (χ4n) is 2.99. The molecule has 3 rings (SSSR count). The summed E-state index contributed by atoms with van der Waals surface area (Å²) in [5.74, 6) is -0.313. The number of rotatable bonds is 5. The number of aromatic nitrogens is 2. The summed E-state index contributed by atoms with van der Waals surface area (Å²) in [5.41, 5.74) is 0.654. The van der Waals surface area contributed by atoms with Gasteiger partial charge in [0.15, 0.2) is 9.84 Å². The molecule has 1 aromatic carbocycles. The zero-order valence-electron chi connectivity index (χ0n) is 14.2. The Morgan fingerprint density at radius 3 is 2.81 bits per heavy atom. The molecule has 1 aromatic heterocycles. The van der Waals surface area contributed by atoms with Crippen molar-refractivity contribution in [2.45, 2.75) is 19.4 Å². The Bertz CT molecular complexity index is 920. The molecule has 0 saturated carbocycles. The average Bonchev–Trinajstić information content (AvgIpc) is 2.95. The number of hydrogen-bond acceptors (Lipinski definition) is 6. The third kappa shape index (κ3) is 4.16. The third-order valence-electron chi connectivity index (χ3n) is 4.23. The first-order valence-electron chi connectivity index (χ1n) is 8.24. The first-order valence-corrected chi connectivity index (χ1v) is 10.1. The summed E-state index contributed by atoms with van der Waals surface area (Å²) in [6, 6.07) is 7.00. The van der Waals surface area contributed by atoms with E-state index in [4.69, 9.17) is 0 Å². The van der Waals surface area contributed by atoms with E-state index in [9.17, 15) is 17.6 Å². The Balaban J connectivity index is 1.79. The van der Waals surface area contributed by atoms with Crippen LogP contribution in [-0.4, -0.2) is 53.3 Å². The highest BCUT2D eigenvalue weighted by molar-refractivity contribution is 7.91. The number of nitrogens with one attached hydrogen (secondary N) is 1. The molecule has 1 atom stereocenters. The molecule has 1 aliphatic rings. The van der Waals surface area contributed by atoms with Crippen LogP contribution in [0.15, 0.2) is 36.7 Å². The van der Waals surface area contributed by atoms with E-state index in [0.717, 1.165) is 0 Å². The first-order chi connectivity index (χ1) is 12.4. The molecule has 7 nitrogen and oxygen atoms in total. The molecule has 2 heterocycles. The second-order valence-electron chi connectivity index (χ2n) is 6.07. The van der Waals surface area contributed by atoms with Crippen molar-refractivity contribution < 1.29 is 17.6 Å². The van der Waals surface area contributed by atoms with Crippen LogP contribution in [0.2, 0.25) is 0 Å². The summed E-state index contributed by atoms with van der Waals surface area (Å²) in [7, 11) is -3.09. The van der Waals surface area contributed by atoms with Gasteiger partial charge in [-0.2, -0.15) is 0 Å². The number of amides is 1. The van der Waals surface area contributed by atoms with Crippen LogP contribution in [0.5, 0.6) is 0 Å². The van der Waals surface area contributed by atoms with Crippen LogP contribution in [-0.2, 0) is 9.84 Å². The lowest BCUT2D eigenvalue weighted by atomic mass is 10.2. The van der Waals surface area contributed by atoms with E-state index in [1.807, 2.05) is 0 Å². The number of benzene rings is 1. The fourth-order valence-corrected chi connectivity index (χ4v) is 4.72. The summed E-state index contributed by atoms with van der Waals surface area (Å²) in [6.07, 6.45) is 1.68. The first kappa shape index (κ1) is 18.2. The van der Waals surface area contributed by atoms with E-state index >= 15 is 0 Å². The molecule has 1 unspecified atom stereocenters. The predicted molar refractivity (Wildman–Crippen MR) is 95.5 cm³/mol. The number of sulfone groups is 1. The lowest BCUT2D eigenvalue weighted by Gasteiger charge is -2.26. The lowest BCUT2D eigenvalue weighted by Crippen LogP contribution is -2.41. The summed E-state index contributed by atoms with van der Waals surface area (Å²) < 4.78 is 36.7. The average molecular weight is 378 g/mol. The van der Waals surface area contributed by atoms with Crippen molar-refractivity contribution in [1.29, 1.82) is 0 Å². The van der Waals surface area contributed by atoms with Gasteiger partial charge in [0, 0.05) is 24.3 Å². The second-order valence-corrected chi connectivity index (χ2v) is 8.30. The Hall–Kier alpha value is -2.55. The summed E-state index contributed by atoms with van der Waals surface area (Å²) in [5, 5.41) is 2.92. The highest BCUT2D eigenvalue weighted by atomic mass is 32.2. The third-order valence-corrected chi connectivity index (χ3v) is 5.98. The van der Waals surface area contributed by atoms with Crippen molar-refractivity contribution in [3.63, 3.8) is 0 Å².